The molecule has 1 aliphatic rings. The minimum Gasteiger partial charge on any atom is -0.496 e. The molecular formula is C18H19BrN4O5S. The van der Waals surface area contributed by atoms with Crippen molar-refractivity contribution in [3.05, 3.63) is 56.5 Å². The number of benzene rings is 2. The summed E-state index contributed by atoms with van der Waals surface area (Å²) >= 11 is 3.36. The highest BCUT2D eigenvalue weighted by Gasteiger charge is 2.29. The zero-order valence-corrected chi connectivity index (χ0v) is 17.9. The lowest BCUT2D eigenvalue weighted by Gasteiger charge is -2.15. The fraction of sp³-hybridized carbons (Fsp3) is 0.278. The molecule has 0 amide bonds. The van der Waals surface area contributed by atoms with Gasteiger partial charge in [-0.3, -0.25) is 15.5 Å². The number of methoxy groups -OCH3 is 1. The minimum atomic E-state index is -3.75. The second kappa shape index (κ2) is 8.89. The maximum atomic E-state index is 12.7. The van der Waals surface area contributed by atoms with Gasteiger partial charge in [-0.25, -0.2) is 8.42 Å². The van der Waals surface area contributed by atoms with Crippen LogP contribution in [0.15, 0.2) is 50.9 Å². The van der Waals surface area contributed by atoms with Crippen molar-refractivity contribution in [3.63, 3.8) is 0 Å². The molecule has 0 radical (unpaired) electrons. The number of nitrogens with one attached hydrogen (secondary N) is 1. The van der Waals surface area contributed by atoms with Crippen molar-refractivity contribution in [3.8, 4) is 5.75 Å². The Balaban J connectivity index is 1.87. The van der Waals surface area contributed by atoms with Gasteiger partial charge in [0.05, 0.1) is 23.1 Å². The molecule has 0 spiro atoms. The molecule has 29 heavy (non-hydrogen) atoms. The summed E-state index contributed by atoms with van der Waals surface area (Å²) in [5, 5.41) is 15.5. The quantitative estimate of drug-likeness (QED) is 0.366. The van der Waals surface area contributed by atoms with Gasteiger partial charge >= 0.3 is 0 Å². The lowest BCUT2D eigenvalue weighted by molar-refractivity contribution is -0.384. The highest BCUT2D eigenvalue weighted by atomic mass is 79.9. The molecule has 2 aromatic rings. The molecule has 0 aromatic heterocycles. The Morgan fingerprint density at radius 2 is 1.97 bits per heavy atom. The van der Waals surface area contributed by atoms with Crippen LogP contribution in [0.5, 0.6) is 5.75 Å². The van der Waals surface area contributed by atoms with Crippen molar-refractivity contribution in [2.24, 2.45) is 5.10 Å². The van der Waals surface area contributed by atoms with Crippen molar-refractivity contribution in [1.82, 2.24) is 4.31 Å². The van der Waals surface area contributed by atoms with E-state index in [9.17, 15) is 18.5 Å². The summed E-state index contributed by atoms with van der Waals surface area (Å²) in [6.07, 6.45) is 3.03. The Kier molecular flexibility index (Phi) is 6.50. The fourth-order valence-corrected chi connectivity index (χ4v) is 4.89. The van der Waals surface area contributed by atoms with Gasteiger partial charge in [0.2, 0.25) is 10.0 Å². The molecule has 0 aliphatic carbocycles. The van der Waals surface area contributed by atoms with Crippen LogP contribution in [0.2, 0.25) is 0 Å². The van der Waals surface area contributed by atoms with E-state index in [0.717, 1.165) is 23.4 Å². The van der Waals surface area contributed by atoms with E-state index < -0.39 is 14.9 Å². The Hall–Kier alpha value is -2.50. The highest BCUT2D eigenvalue weighted by molar-refractivity contribution is 9.10. The topological polar surface area (TPSA) is 114 Å². The predicted molar refractivity (Wildman–Crippen MR) is 113 cm³/mol. The van der Waals surface area contributed by atoms with Gasteiger partial charge in [-0.2, -0.15) is 9.41 Å². The second-order valence-corrected chi connectivity index (χ2v) is 9.16. The van der Waals surface area contributed by atoms with E-state index in [0.29, 0.717) is 24.4 Å². The highest BCUT2D eigenvalue weighted by Crippen LogP contribution is 2.30. The number of nitro groups is 1. The molecule has 9 nitrogen and oxygen atoms in total. The molecule has 11 heteroatoms. The lowest BCUT2D eigenvalue weighted by atomic mass is 10.2. The van der Waals surface area contributed by atoms with Crippen molar-refractivity contribution in [2.75, 3.05) is 25.6 Å². The van der Waals surface area contributed by atoms with Gasteiger partial charge in [0.25, 0.3) is 5.69 Å². The molecule has 0 bridgehead atoms. The van der Waals surface area contributed by atoms with Crippen LogP contribution in [0, 0.1) is 10.1 Å². The molecule has 1 N–H and O–H groups in total. The third-order valence-corrected chi connectivity index (χ3v) is 6.84. The van der Waals surface area contributed by atoms with Crippen molar-refractivity contribution in [2.45, 2.75) is 17.7 Å². The number of hydrazone groups is 1. The number of nitrogens with zero attached hydrogens (tertiary/aromatic N) is 3. The maximum Gasteiger partial charge on any atom is 0.295 e. The Morgan fingerprint density at radius 1 is 1.24 bits per heavy atom. The van der Waals surface area contributed by atoms with Gasteiger partial charge in [0.15, 0.2) is 0 Å². The molecule has 1 heterocycles. The third-order valence-electron chi connectivity index (χ3n) is 4.45. The maximum absolute atomic E-state index is 12.7. The van der Waals surface area contributed by atoms with E-state index in [4.69, 9.17) is 4.74 Å². The zero-order chi connectivity index (χ0) is 21.0. The normalized spacial score (nSPS) is 15.0. The van der Waals surface area contributed by atoms with E-state index in [2.05, 4.69) is 26.5 Å². The number of ether oxygens (including phenoxy) is 1. The fourth-order valence-electron chi connectivity index (χ4n) is 2.97. The summed E-state index contributed by atoms with van der Waals surface area (Å²) in [6.45, 7) is 0.851. The second-order valence-electron chi connectivity index (χ2n) is 6.30. The number of sulfonamides is 1. The Labute approximate surface area is 176 Å². The molecule has 1 fully saturated rings. The van der Waals surface area contributed by atoms with Crippen LogP contribution in [-0.4, -0.2) is 44.1 Å². The number of rotatable bonds is 7. The van der Waals surface area contributed by atoms with Crippen molar-refractivity contribution >= 4 is 43.5 Å². The Morgan fingerprint density at radius 3 is 2.62 bits per heavy atom. The smallest absolute Gasteiger partial charge is 0.295 e. The molecule has 3 rings (SSSR count). The first-order valence-electron chi connectivity index (χ1n) is 8.74. The zero-order valence-electron chi connectivity index (χ0n) is 15.5. The summed E-state index contributed by atoms with van der Waals surface area (Å²) in [5.41, 5.74) is 2.98. The van der Waals surface area contributed by atoms with Gasteiger partial charge in [-0.15, -0.1) is 0 Å². The first-order valence-corrected chi connectivity index (χ1v) is 11.0. The number of hydrogen-bond donors (Lipinski definition) is 1. The largest absolute Gasteiger partial charge is 0.496 e. The summed E-state index contributed by atoms with van der Waals surface area (Å²) in [6, 6.07) is 9.10. The lowest BCUT2D eigenvalue weighted by Crippen LogP contribution is -2.27. The van der Waals surface area contributed by atoms with Gasteiger partial charge in [-0.05, 0) is 43.2 Å². The van der Waals surface area contributed by atoms with E-state index >= 15 is 0 Å². The average molecular weight is 483 g/mol. The molecule has 1 aliphatic heterocycles. The van der Waals surface area contributed by atoms with Gasteiger partial charge in [-0.1, -0.05) is 15.9 Å². The first-order chi connectivity index (χ1) is 13.8. The van der Waals surface area contributed by atoms with E-state index in [1.807, 2.05) is 6.07 Å². The third kappa shape index (κ3) is 4.74. The molecule has 0 saturated carbocycles. The number of nitro benzene ring substituents is 1. The molecule has 2 aromatic carbocycles. The van der Waals surface area contributed by atoms with Crippen LogP contribution < -0.4 is 10.2 Å². The standard InChI is InChI=1S/C18H19BrN4O5S/c1-28-18-7-4-14(19)10-13(18)12-20-21-16-6-5-15(11-17(16)23(24)25)29(26,27)22-8-2-3-9-22/h4-7,10-12,21H,2-3,8-9H2,1H3/b20-12-. The summed E-state index contributed by atoms with van der Waals surface area (Å²) < 4.78 is 32.7. The molecule has 1 saturated heterocycles. The predicted octanol–water partition coefficient (Wildman–Crippen LogP) is 3.60. The van der Waals surface area contributed by atoms with E-state index in [-0.39, 0.29) is 16.3 Å². The van der Waals surface area contributed by atoms with Crippen molar-refractivity contribution < 1.29 is 18.1 Å². The minimum absolute atomic E-state index is 0.0839. The van der Waals surface area contributed by atoms with E-state index in [1.165, 1.54) is 29.8 Å². The molecule has 0 unspecified atom stereocenters. The SMILES string of the molecule is COc1ccc(Br)cc1/C=N\Nc1ccc(S(=O)(=O)N2CCCC2)cc1[N+](=O)[O-]. The average Bonchev–Trinajstić information content (AvgIpc) is 3.24. The van der Waals surface area contributed by atoms with Crippen LogP contribution in [0.25, 0.3) is 0 Å². The van der Waals surface area contributed by atoms with Crippen LogP contribution in [0.1, 0.15) is 18.4 Å². The number of hydrogen-bond acceptors (Lipinski definition) is 7. The van der Waals surface area contributed by atoms with Crippen molar-refractivity contribution in [1.29, 1.82) is 0 Å². The van der Waals surface area contributed by atoms with Crippen LogP contribution in [-0.2, 0) is 10.0 Å². The molecule has 154 valence electrons. The Bertz CT molecular complexity index is 1050. The summed E-state index contributed by atoms with van der Waals surface area (Å²) in [5.74, 6) is 0.584. The first kappa shape index (κ1) is 21.2. The van der Waals surface area contributed by atoms with Crippen LogP contribution >= 0.6 is 15.9 Å². The molecular weight excluding hydrogens is 464 g/mol. The monoisotopic (exact) mass is 482 g/mol. The van der Waals surface area contributed by atoms with Gasteiger partial charge in [0, 0.05) is 29.2 Å². The number of anilines is 1. The van der Waals surface area contributed by atoms with Gasteiger partial charge < -0.3 is 4.74 Å². The van der Waals surface area contributed by atoms with Crippen LogP contribution in [0.3, 0.4) is 0 Å². The van der Waals surface area contributed by atoms with E-state index in [1.54, 1.807) is 12.1 Å². The summed E-state index contributed by atoms with van der Waals surface area (Å²) in [7, 11) is -2.22. The summed E-state index contributed by atoms with van der Waals surface area (Å²) in [4.78, 5) is 10.7. The number of halogens is 1. The van der Waals surface area contributed by atoms with Gasteiger partial charge in [0.1, 0.15) is 11.4 Å². The molecule has 0 atom stereocenters. The van der Waals surface area contributed by atoms with Crippen LogP contribution in [0.4, 0.5) is 11.4 Å².